The van der Waals surface area contributed by atoms with Crippen LogP contribution in [0.25, 0.3) is 0 Å². The number of rotatable bonds is 43. The van der Waals surface area contributed by atoms with Crippen LogP contribution in [0.5, 0.6) is 0 Å². The zero-order valence-electron chi connectivity index (χ0n) is 37.8. The van der Waals surface area contributed by atoms with Gasteiger partial charge >= 0.3 is 11.9 Å². The molecule has 0 aliphatic rings. The summed E-state index contributed by atoms with van der Waals surface area (Å²) in [6.07, 6.45) is 43.4. The molecule has 0 heterocycles. The van der Waals surface area contributed by atoms with E-state index in [1.54, 1.807) is 0 Å². The molecular weight excluding hydrogens is 737 g/mol. The number of ether oxygens (including phenoxy) is 2. The molecule has 0 radical (unpaired) electrons. The molecule has 9 nitrogen and oxygen atoms in total. The van der Waals surface area contributed by atoms with Crippen LogP contribution in [0.4, 0.5) is 0 Å². The van der Waals surface area contributed by atoms with Crippen molar-refractivity contribution in [3.8, 4) is 0 Å². The molecule has 0 saturated carbocycles. The van der Waals surface area contributed by atoms with Crippen LogP contribution in [0.15, 0.2) is 24.3 Å². The van der Waals surface area contributed by atoms with E-state index in [4.69, 9.17) is 18.5 Å². The van der Waals surface area contributed by atoms with Gasteiger partial charge in [-0.1, -0.05) is 179 Å². The minimum absolute atomic E-state index is 0.0318. The van der Waals surface area contributed by atoms with E-state index in [0.29, 0.717) is 17.4 Å². The minimum Gasteiger partial charge on any atom is -0.756 e. The van der Waals surface area contributed by atoms with Gasteiger partial charge in [0.25, 0.3) is 7.82 Å². The highest BCUT2D eigenvalue weighted by Gasteiger charge is 2.21. The van der Waals surface area contributed by atoms with Gasteiger partial charge in [0.1, 0.15) is 19.8 Å². The fourth-order valence-electron chi connectivity index (χ4n) is 6.51. The van der Waals surface area contributed by atoms with Crippen molar-refractivity contribution in [1.29, 1.82) is 0 Å². The Hall–Kier alpha value is -1.51. The molecule has 0 bridgehead atoms. The Morgan fingerprint density at radius 1 is 0.544 bits per heavy atom. The number of carbonyl (C=O) groups excluding carboxylic acids is 2. The summed E-state index contributed by atoms with van der Waals surface area (Å²) in [6.45, 7) is 4.21. The molecule has 57 heavy (non-hydrogen) atoms. The molecule has 0 rings (SSSR count). The van der Waals surface area contributed by atoms with Crippen molar-refractivity contribution >= 4 is 19.8 Å². The standard InChI is InChI=1S/C47H90NO8P/c1-6-8-10-12-14-16-18-20-22-23-24-26-27-29-31-33-35-37-39-46(49)53-43-45(44-55-57(51,52)54-42-41-48(3,4)5)56-47(50)40-38-36-34-32-30-28-25-21-19-17-15-13-11-9-7-2/h15,17,21,25,45H,6-14,16,18-20,22-24,26-44H2,1-5H3/b17-15-,25-21-/t45-/m1/s1. The van der Waals surface area contributed by atoms with Gasteiger partial charge in [0.15, 0.2) is 6.10 Å². The van der Waals surface area contributed by atoms with Crippen LogP contribution in [0.1, 0.15) is 213 Å². The van der Waals surface area contributed by atoms with Crippen LogP contribution in [0, 0.1) is 0 Å². The summed E-state index contributed by atoms with van der Waals surface area (Å²) in [5.41, 5.74) is 0. The summed E-state index contributed by atoms with van der Waals surface area (Å²) in [7, 11) is 1.16. The molecule has 0 amide bonds. The van der Waals surface area contributed by atoms with E-state index in [2.05, 4.69) is 38.2 Å². The second-order valence-corrected chi connectivity index (χ2v) is 18.5. The molecule has 0 saturated heterocycles. The Kier molecular flexibility index (Phi) is 38.9. The smallest absolute Gasteiger partial charge is 0.306 e. The monoisotopic (exact) mass is 828 g/mol. The van der Waals surface area contributed by atoms with Gasteiger partial charge in [0.2, 0.25) is 0 Å². The molecule has 0 aliphatic carbocycles. The predicted molar refractivity (Wildman–Crippen MR) is 236 cm³/mol. The van der Waals surface area contributed by atoms with Crippen LogP contribution in [-0.2, 0) is 32.7 Å². The van der Waals surface area contributed by atoms with Crippen LogP contribution in [0.3, 0.4) is 0 Å². The third-order valence-electron chi connectivity index (χ3n) is 10.2. The first-order chi connectivity index (χ1) is 27.5. The molecule has 10 heteroatoms. The summed E-state index contributed by atoms with van der Waals surface area (Å²) in [6, 6.07) is 0. The van der Waals surface area contributed by atoms with Gasteiger partial charge in [0, 0.05) is 12.8 Å². The van der Waals surface area contributed by atoms with Crippen molar-refractivity contribution < 1.29 is 42.1 Å². The maximum Gasteiger partial charge on any atom is 0.306 e. The normalized spacial score (nSPS) is 13.7. The second-order valence-electron chi connectivity index (χ2n) is 17.1. The quantitative estimate of drug-likeness (QED) is 0.0196. The van der Waals surface area contributed by atoms with Gasteiger partial charge in [-0.25, -0.2) is 0 Å². The average molecular weight is 828 g/mol. The first-order valence-electron chi connectivity index (χ1n) is 23.5. The molecular formula is C47H90NO8P. The fourth-order valence-corrected chi connectivity index (χ4v) is 7.24. The maximum atomic E-state index is 12.7. The van der Waals surface area contributed by atoms with E-state index >= 15 is 0 Å². The molecule has 336 valence electrons. The van der Waals surface area contributed by atoms with Crippen LogP contribution >= 0.6 is 7.82 Å². The number of phosphoric acid groups is 1. The number of phosphoric ester groups is 1. The van der Waals surface area contributed by atoms with E-state index in [-0.39, 0.29) is 32.0 Å². The summed E-state index contributed by atoms with van der Waals surface area (Å²) in [4.78, 5) is 37.6. The lowest BCUT2D eigenvalue weighted by atomic mass is 10.0. The minimum atomic E-state index is -4.63. The third-order valence-corrected chi connectivity index (χ3v) is 11.2. The highest BCUT2D eigenvalue weighted by Crippen LogP contribution is 2.38. The largest absolute Gasteiger partial charge is 0.756 e. The number of carbonyl (C=O) groups is 2. The first kappa shape index (κ1) is 55.5. The Morgan fingerprint density at radius 2 is 0.947 bits per heavy atom. The Labute approximate surface area is 351 Å². The predicted octanol–water partition coefficient (Wildman–Crippen LogP) is 12.9. The van der Waals surface area contributed by atoms with Crippen molar-refractivity contribution in [3.63, 3.8) is 0 Å². The topological polar surface area (TPSA) is 111 Å². The summed E-state index contributed by atoms with van der Waals surface area (Å²) >= 11 is 0. The van der Waals surface area contributed by atoms with Crippen LogP contribution in [-0.4, -0.2) is 70.0 Å². The number of likely N-dealkylation sites (N-methyl/N-ethyl adjacent to an activating group) is 1. The van der Waals surface area contributed by atoms with Gasteiger partial charge in [0.05, 0.1) is 27.7 Å². The lowest BCUT2D eigenvalue weighted by Gasteiger charge is -2.28. The number of hydrogen-bond acceptors (Lipinski definition) is 8. The number of quaternary nitrogens is 1. The van der Waals surface area contributed by atoms with Gasteiger partial charge in [-0.15, -0.1) is 0 Å². The van der Waals surface area contributed by atoms with E-state index < -0.39 is 26.5 Å². The van der Waals surface area contributed by atoms with Crippen molar-refractivity contribution in [1.82, 2.24) is 0 Å². The summed E-state index contributed by atoms with van der Waals surface area (Å²) in [5.74, 6) is -0.841. The number of hydrogen-bond donors (Lipinski definition) is 0. The molecule has 0 aromatic heterocycles. The molecule has 0 aromatic carbocycles. The van der Waals surface area contributed by atoms with Crippen LogP contribution in [0.2, 0.25) is 0 Å². The van der Waals surface area contributed by atoms with Crippen molar-refractivity contribution in [2.45, 2.75) is 219 Å². The van der Waals surface area contributed by atoms with E-state index in [1.165, 1.54) is 122 Å². The van der Waals surface area contributed by atoms with Gasteiger partial charge in [-0.2, -0.15) is 0 Å². The lowest BCUT2D eigenvalue weighted by Crippen LogP contribution is -2.37. The Bertz CT molecular complexity index is 1030. The van der Waals surface area contributed by atoms with E-state index in [1.807, 2.05) is 21.1 Å². The lowest BCUT2D eigenvalue weighted by molar-refractivity contribution is -0.870. The Morgan fingerprint density at radius 3 is 1.42 bits per heavy atom. The number of esters is 2. The summed E-state index contributed by atoms with van der Waals surface area (Å²) in [5, 5.41) is 0. The third kappa shape index (κ3) is 43.9. The molecule has 0 aliphatic heterocycles. The SMILES string of the molecule is CCCCC/C=C\C/C=C\CCCCCCCC(=O)O[C@H](COC(=O)CCCCCCCCCCCCCCCCCCCC)COP(=O)([O-])OCC[N+](C)(C)C. The molecule has 0 spiro atoms. The van der Waals surface area contributed by atoms with Gasteiger partial charge in [-0.05, 0) is 44.9 Å². The van der Waals surface area contributed by atoms with Crippen LogP contribution < -0.4 is 4.89 Å². The molecule has 0 fully saturated rings. The number of unbranched alkanes of at least 4 members (excludes halogenated alkanes) is 25. The molecule has 2 atom stereocenters. The van der Waals surface area contributed by atoms with Crippen molar-refractivity contribution in [2.24, 2.45) is 0 Å². The first-order valence-corrected chi connectivity index (χ1v) is 25.0. The second kappa shape index (κ2) is 39.9. The highest BCUT2D eigenvalue weighted by atomic mass is 31.2. The zero-order valence-corrected chi connectivity index (χ0v) is 38.7. The fraction of sp³-hybridized carbons (Fsp3) is 0.872. The van der Waals surface area contributed by atoms with E-state index in [0.717, 1.165) is 57.8 Å². The molecule has 0 N–H and O–H groups in total. The van der Waals surface area contributed by atoms with Crippen molar-refractivity contribution in [2.75, 3.05) is 47.5 Å². The van der Waals surface area contributed by atoms with Gasteiger partial charge in [-0.3, -0.25) is 14.2 Å². The molecule has 0 aromatic rings. The van der Waals surface area contributed by atoms with E-state index in [9.17, 15) is 19.0 Å². The number of nitrogens with zero attached hydrogens (tertiary/aromatic N) is 1. The molecule has 1 unspecified atom stereocenters. The Balaban J connectivity index is 4.30. The summed E-state index contributed by atoms with van der Waals surface area (Å²) < 4.78 is 33.9. The average Bonchev–Trinajstić information content (AvgIpc) is 3.16. The van der Waals surface area contributed by atoms with Gasteiger partial charge < -0.3 is 27.9 Å². The maximum absolute atomic E-state index is 12.7. The zero-order chi connectivity index (χ0) is 42.1. The number of allylic oxidation sites excluding steroid dienone is 4. The van der Waals surface area contributed by atoms with Crippen molar-refractivity contribution in [3.05, 3.63) is 24.3 Å². The highest BCUT2D eigenvalue weighted by molar-refractivity contribution is 7.45.